The van der Waals surface area contributed by atoms with Crippen molar-refractivity contribution in [2.24, 2.45) is 0 Å². The number of fused-ring (bicyclic) bond motifs is 1. The number of nitrogens with zero attached hydrogens (tertiary/aromatic N) is 2. The van der Waals surface area contributed by atoms with Crippen LogP contribution in [0.3, 0.4) is 0 Å². The molecule has 108 valence electrons. The fourth-order valence-corrected chi connectivity index (χ4v) is 2.27. The lowest BCUT2D eigenvalue weighted by Gasteiger charge is -2.04. The normalized spacial score (nSPS) is 10.9. The Labute approximate surface area is 119 Å². The Kier molecular flexibility index (Phi) is 5.12. The van der Waals surface area contributed by atoms with Gasteiger partial charge in [-0.1, -0.05) is 6.92 Å². The minimum absolute atomic E-state index is 0.0820. The molecule has 0 saturated carbocycles. The number of nitrogens with one attached hydrogen (secondary N) is 2. The zero-order valence-corrected chi connectivity index (χ0v) is 12.1. The van der Waals surface area contributed by atoms with Gasteiger partial charge in [-0.05, 0) is 31.2 Å². The summed E-state index contributed by atoms with van der Waals surface area (Å²) in [5, 5.41) is 7.31. The van der Waals surface area contributed by atoms with Crippen LogP contribution < -0.4 is 10.6 Å². The van der Waals surface area contributed by atoms with Crippen LogP contribution in [0, 0.1) is 0 Å². The molecule has 20 heavy (non-hydrogen) atoms. The third kappa shape index (κ3) is 3.36. The van der Waals surface area contributed by atoms with E-state index in [1.165, 1.54) is 5.56 Å². The van der Waals surface area contributed by atoms with Gasteiger partial charge in [-0.25, -0.2) is 4.98 Å². The first-order valence-corrected chi connectivity index (χ1v) is 7.16. The van der Waals surface area contributed by atoms with Crippen molar-refractivity contribution in [3.05, 3.63) is 30.1 Å². The van der Waals surface area contributed by atoms with Gasteiger partial charge in [-0.15, -0.1) is 0 Å². The highest BCUT2D eigenvalue weighted by atomic mass is 16.1. The summed E-state index contributed by atoms with van der Waals surface area (Å²) in [6, 6.07) is 4.03. The largest absolute Gasteiger partial charge is 0.356 e. The number of amides is 1. The third-order valence-electron chi connectivity index (χ3n) is 3.24. The molecule has 0 aliphatic carbocycles. The van der Waals surface area contributed by atoms with E-state index in [2.05, 4.69) is 39.4 Å². The first kappa shape index (κ1) is 14.5. The Balaban J connectivity index is 2.17. The third-order valence-corrected chi connectivity index (χ3v) is 3.24. The molecule has 0 unspecified atom stereocenters. The number of hydrogen-bond acceptors (Lipinski definition) is 3. The molecule has 0 radical (unpaired) electrons. The molecule has 1 amide bonds. The molecule has 0 saturated heterocycles. The van der Waals surface area contributed by atoms with E-state index in [0.717, 1.165) is 24.1 Å². The molecule has 2 aromatic rings. The van der Waals surface area contributed by atoms with Gasteiger partial charge in [0, 0.05) is 43.8 Å². The van der Waals surface area contributed by atoms with Gasteiger partial charge >= 0.3 is 0 Å². The average molecular weight is 274 g/mol. The SMILES string of the molecule is CCNCc1cn(CCC(=O)NCC)c2ncccc12. The number of carbonyl (C=O) groups is 1. The van der Waals surface area contributed by atoms with Gasteiger partial charge in [0.25, 0.3) is 0 Å². The number of rotatable bonds is 7. The van der Waals surface area contributed by atoms with Crippen LogP contribution in [0.2, 0.25) is 0 Å². The fraction of sp³-hybridized carbons (Fsp3) is 0.467. The minimum Gasteiger partial charge on any atom is -0.356 e. The lowest BCUT2D eigenvalue weighted by molar-refractivity contribution is -0.121. The first-order chi connectivity index (χ1) is 9.76. The second-order valence-corrected chi connectivity index (χ2v) is 4.71. The molecule has 0 fully saturated rings. The van der Waals surface area contributed by atoms with Crippen molar-refractivity contribution in [2.75, 3.05) is 13.1 Å². The number of aromatic nitrogens is 2. The van der Waals surface area contributed by atoms with Gasteiger partial charge in [0.05, 0.1) is 0 Å². The van der Waals surface area contributed by atoms with E-state index in [9.17, 15) is 4.79 Å². The average Bonchev–Trinajstić information content (AvgIpc) is 2.82. The van der Waals surface area contributed by atoms with Crippen molar-refractivity contribution < 1.29 is 4.79 Å². The van der Waals surface area contributed by atoms with Crippen molar-refractivity contribution in [1.82, 2.24) is 20.2 Å². The quantitative estimate of drug-likeness (QED) is 0.807. The van der Waals surface area contributed by atoms with E-state index < -0.39 is 0 Å². The Hall–Kier alpha value is -1.88. The van der Waals surface area contributed by atoms with Crippen LogP contribution >= 0.6 is 0 Å². The summed E-state index contributed by atoms with van der Waals surface area (Å²) in [5.74, 6) is 0.0820. The standard InChI is InChI=1S/C15H22N4O/c1-3-16-10-12-11-19(9-7-14(20)17-4-2)15-13(12)6-5-8-18-15/h5-6,8,11,16H,3-4,7,9-10H2,1-2H3,(H,17,20). The summed E-state index contributed by atoms with van der Waals surface area (Å²) in [6.07, 6.45) is 4.37. The zero-order chi connectivity index (χ0) is 14.4. The molecule has 2 heterocycles. The van der Waals surface area contributed by atoms with Gasteiger partial charge in [-0.3, -0.25) is 4.79 Å². The van der Waals surface area contributed by atoms with Crippen LogP contribution in [0.4, 0.5) is 0 Å². The Morgan fingerprint density at radius 1 is 1.35 bits per heavy atom. The van der Waals surface area contributed by atoms with Crippen molar-refractivity contribution >= 4 is 16.9 Å². The topological polar surface area (TPSA) is 59.0 Å². The molecule has 2 aromatic heterocycles. The number of carbonyl (C=O) groups excluding carboxylic acids is 1. The summed E-state index contributed by atoms with van der Waals surface area (Å²) >= 11 is 0. The Morgan fingerprint density at radius 2 is 2.20 bits per heavy atom. The first-order valence-electron chi connectivity index (χ1n) is 7.16. The Morgan fingerprint density at radius 3 is 2.95 bits per heavy atom. The summed E-state index contributed by atoms with van der Waals surface area (Å²) in [5.41, 5.74) is 2.18. The molecule has 2 rings (SSSR count). The predicted molar refractivity (Wildman–Crippen MR) is 80.4 cm³/mol. The highest BCUT2D eigenvalue weighted by Crippen LogP contribution is 2.19. The highest BCUT2D eigenvalue weighted by molar-refractivity contribution is 5.81. The predicted octanol–water partition coefficient (Wildman–Crippen LogP) is 1.67. The van der Waals surface area contributed by atoms with Crippen LogP contribution in [-0.2, 0) is 17.9 Å². The molecular formula is C15H22N4O. The van der Waals surface area contributed by atoms with E-state index >= 15 is 0 Å². The maximum Gasteiger partial charge on any atom is 0.221 e. The molecule has 0 aromatic carbocycles. The fourth-order valence-electron chi connectivity index (χ4n) is 2.27. The van der Waals surface area contributed by atoms with Crippen LogP contribution in [0.25, 0.3) is 11.0 Å². The van der Waals surface area contributed by atoms with E-state index in [0.29, 0.717) is 19.5 Å². The number of aryl methyl sites for hydroxylation is 1. The number of pyridine rings is 1. The molecule has 0 spiro atoms. The van der Waals surface area contributed by atoms with Gasteiger partial charge in [0.15, 0.2) is 0 Å². The summed E-state index contributed by atoms with van der Waals surface area (Å²) in [7, 11) is 0. The highest BCUT2D eigenvalue weighted by Gasteiger charge is 2.09. The van der Waals surface area contributed by atoms with Crippen molar-refractivity contribution in [3.8, 4) is 0 Å². The molecule has 0 bridgehead atoms. The lowest BCUT2D eigenvalue weighted by Crippen LogP contribution is -2.23. The van der Waals surface area contributed by atoms with E-state index in [4.69, 9.17) is 0 Å². The summed E-state index contributed by atoms with van der Waals surface area (Å²) in [6.45, 7) is 7.12. The van der Waals surface area contributed by atoms with Crippen LogP contribution in [0.15, 0.2) is 24.5 Å². The van der Waals surface area contributed by atoms with Crippen molar-refractivity contribution in [1.29, 1.82) is 0 Å². The molecule has 0 aliphatic rings. The summed E-state index contributed by atoms with van der Waals surface area (Å²) < 4.78 is 2.07. The Bertz CT molecular complexity index is 576. The zero-order valence-electron chi connectivity index (χ0n) is 12.1. The van der Waals surface area contributed by atoms with Crippen molar-refractivity contribution in [2.45, 2.75) is 33.4 Å². The van der Waals surface area contributed by atoms with Gasteiger partial charge in [0.1, 0.15) is 5.65 Å². The second-order valence-electron chi connectivity index (χ2n) is 4.71. The van der Waals surface area contributed by atoms with Gasteiger partial charge < -0.3 is 15.2 Å². The van der Waals surface area contributed by atoms with Crippen LogP contribution in [-0.4, -0.2) is 28.5 Å². The second kappa shape index (κ2) is 7.05. The van der Waals surface area contributed by atoms with Crippen LogP contribution in [0.1, 0.15) is 25.8 Å². The monoisotopic (exact) mass is 274 g/mol. The molecular weight excluding hydrogens is 252 g/mol. The van der Waals surface area contributed by atoms with E-state index in [1.807, 2.05) is 13.0 Å². The molecule has 2 N–H and O–H groups in total. The summed E-state index contributed by atoms with van der Waals surface area (Å²) in [4.78, 5) is 16.0. The molecule has 5 heteroatoms. The van der Waals surface area contributed by atoms with Crippen molar-refractivity contribution in [3.63, 3.8) is 0 Å². The molecule has 0 aliphatic heterocycles. The smallest absolute Gasteiger partial charge is 0.221 e. The van der Waals surface area contributed by atoms with Gasteiger partial charge in [0.2, 0.25) is 5.91 Å². The number of hydrogen-bond donors (Lipinski definition) is 2. The van der Waals surface area contributed by atoms with Crippen LogP contribution in [0.5, 0.6) is 0 Å². The van der Waals surface area contributed by atoms with Gasteiger partial charge in [-0.2, -0.15) is 0 Å². The maximum absolute atomic E-state index is 11.6. The van der Waals surface area contributed by atoms with E-state index in [-0.39, 0.29) is 5.91 Å². The van der Waals surface area contributed by atoms with E-state index in [1.54, 1.807) is 6.20 Å². The lowest BCUT2D eigenvalue weighted by atomic mass is 10.2. The molecule has 5 nitrogen and oxygen atoms in total. The molecule has 0 atom stereocenters. The maximum atomic E-state index is 11.6. The minimum atomic E-state index is 0.0820.